The molecule has 1 saturated heterocycles. The Bertz CT molecular complexity index is 1260. The van der Waals surface area contributed by atoms with Crippen LogP contribution in [0, 0.1) is 6.92 Å². The number of rotatable bonds is 5. The fraction of sp³-hybridized carbons (Fsp3) is 0.350. The molecule has 0 unspecified atom stereocenters. The highest BCUT2D eigenvalue weighted by atomic mass is 35.5. The third-order valence-electron chi connectivity index (χ3n) is 5.38. The Morgan fingerprint density at radius 1 is 1.16 bits per heavy atom. The van der Waals surface area contributed by atoms with Crippen molar-refractivity contribution in [2.45, 2.75) is 25.3 Å². The van der Waals surface area contributed by atoms with Gasteiger partial charge < -0.3 is 4.90 Å². The van der Waals surface area contributed by atoms with E-state index in [2.05, 4.69) is 15.3 Å². The van der Waals surface area contributed by atoms with Crippen LogP contribution in [0.5, 0.6) is 0 Å². The molecule has 170 valence electrons. The summed E-state index contributed by atoms with van der Waals surface area (Å²) in [6, 6.07) is 6.68. The van der Waals surface area contributed by atoms with Crippen LogP contribution in [0.3, 0.4) is 0 Å². The average Bonchev–Trinajstić information content (AvgIpc) is 3.40. The molecule has 12 heteroatoms. The minimum Gasteiger partial charge on any atom is -0.335 e. The first-order chi connectivity index (χ1) is 15.2. The third-order valence-corrected chi connectivity index (χ3v) is 7.93. The van der Waals surface area contributed by atoms with Gasteiger partial charge >= 0.3 is 0 Å². The SMILES string of the molecule is CCn1cc(S(=O)(=O)N2CCN(C(=O)c3cc(-c4ccc(Cl)cc4Cl)n[nH]3)CC2)c(C)n1. The van der Waals surface area contributed by atoms with E-state index in [0.29, 0.717) is 39.2 Å². The van der Waals surface area contributed by atoms with Gasteiger partial charge in [-0.25, -0.2) is 8.42 Å². The minimum atomic E-state index is -3.67. The summed E-state index contributed by atoms with van der Waals surface area (Å²) in [5, 5.41) is 12.1. The second kappa shape index (κ2) is 8.86. The lowest BCUT2D eigenvalue weighted by Gasteiger charge is -2.33. The van der Waals surface area contributed by atoms with E-state index >= 15 is 0 Å². The Kier molecular flexibility index (Phi) is 6.30. The molecule has 1 amide bonds. The van der Waals surface area contributed by atoms with E-state index in [4.69, 9.17) is 23.2 Å². The number of piperazine rings is 1. The van der Waals surface area contributed by atoms with E-state index in [-0.39, 0.29) is 37.0 Å². The maximum absolute atomic E-state index is 13.0. The van der Waals surface area contributed by atoms with Crippen molar-refractivity contribution in [2.24, 2.45) is 0 Å². The molecule has 2 aromatic heterocycles. The molecule has 1 N–H and O–H groups in total. The lowest BCUT2D eigenvalue weighted by Crippen LogP contribution is -2.50. The van der Waals surface area contributed by atoms with Gasteiger partial charge in [0.2, 0.25) is 10.0 Å². The molecule has 3 heterocycles. The monoisotopic (exact) mass is 496 g/mol. The largest absolute Gasteiger partial charge is 0.335 e. The maximum atomic E-state index is 13.0. The van der Waals surface area contributed by atoms with Crippen LogP contribution in [-0.4, -0.2) is 69.7 Å². The molecule has 1 fully saturated rings. The zero-order chi connectivity index (χ0) is 23.0. The molecular formula is C20H22Cl2N6O3S. The first-order valence-electron chi connectivity index (χ1n) is 10.0. The number of aryl methyl sites for hydroxylation is 2. The zero-order valence-corrected chi connectivity index (χ0v) is 19.9. The van der Waals surface area contributed by atoms with Crippen LogP contribution < -0.4 is 0 Å². The second-order valence-corrected chi connectivity index (χ2v) is 10.2. The molecule has 0 bridgehead atoms. The standard InChI is InChI=1S/C20H22Cl2N6O3S/c1-3-27-12-19(13(2)25-27)32(30,31)28-8-6-26(7-9-28)20(29)18-11-17(23-24-18)15-5-4-14(21)10-16(15)22/h4-5,10-12H,3,6-9H2,1-2H3,(H,23,24). The number of benzene rings is 1. The van der Waals surface area contributed by atoms with E-state index in [9.17, 15) is 13.2 Å². The predicted octanol–water partition coefficient (Wildman–Crippen LogP) is 3.06. The fourth-order valence-corrected chi connectivity index (χ4v) is 5.72. The van der Waals surface area contributed by atoms with Crippen molar-refractivity contribution < 1.29 is 13.2 Å². The highest BCUT2D eigenvalue weighted by Crippen LogP contribution is 2.29. The van der Waals surface area contributed by atoms with Gasteiger partial charge in [0.25, 0.3) is 5.91 Å². The van der Waals surface area contributed by atoms with Gasteiger partial charge in [-0.15, -0.1) is 0 Å². The van der Waals surface area contributed by atoms with Gasteiger partial charge in [-0.2, -0.15) is 14.5 Å². The molecule has 1 aromatic carbocycles. The topological polar surface area (TPSA) is 104 Å². The van der Waals surface area contributed by atoms with E-state index in [1.165, 1.54) is 4.31 Å². The van der Waals surface area contributed by atoms with Gasteiger partial charge in [0.15, 0.2) is 0 Å². The highest BCUT2D eigenvalue weighted by molar-refractivity contribution is 7.89. The Hall–Kier alpha value is -2.40. The molecule has 32 heavy (non-hydrogen) atoms. The van der Waals surface area contributed by atoms with Gasteiger partial charge in [-0.1, -0.05) is 23.2 Å². The molecule has 0 radical (unpaired) electrons. The molecular weight excluding hydrogens is 475 g/mol. The number of H-pyrrole nitrogens is 1. The van der Waals surface area contributed by atoms with Gasteiger partial charge in [-0.3, -0.25) is 14.6 Å². The minimum absolute atomic E-state index is 0.203. The number of sulfonamides is 1. The number of halogens is 2. The molecule has 0 saturated carbocycles. The summed E-state index contributed by atoms with van der Waals surface area (Å²) in [5.74, 6) is -0.249. The normalized spacial score (nSPS) is 15.3. The maximum Gasteiger partial charge on any atom is 0.271 e. The van der Waals surface area contributed by atoms with Crippen LogP contribution in [0.1, 0.15) is 23.1 Å². The predicted molar refractivity (Wildman–Crippen MR) is 121 cm³/mol. The van der Waals surface area contributed by atoms with E-state index in [1.807, 2.05) is 6.92 Å². The summed E-state index contributed by atoms with van der Waals surface area (Å²) in [7, 11) is -3.67. The molecule has 0 aliphatic carbocycles. The van der Waals surface area contributed by atoms with Crippen molar-refractivity contribution in [3.63, 3.8) is 0 Å². The summed E-state index contributed by atoms with van der Waals surface area (Å²) >= 11 is 12.2. The molecule has 0 atom stereocenters. The van der Waals surface area contributed by atoms with Crippen LogP contribution >= 0.6 is 23.2 Å². The number of aromatic nitrogens is 4. The van der Waals surface area contributed by atoms with E-state index < -0.39 is 10.0 Å². The molecule has 1 aliphatic rings. The number of amides is 1. The number of carbonyl (C=O) groups is 1. The Labute approximate surface area is 196 Å². The van der Waals surface area contributed by atoms with E-state index in [0.717, 1.165) is 0 Å². The first-order valence-corrected chi connectivity index (χ1v) is 12.2. The summed E-state index contributed by atoms with van der Waals surface area (Å²) in [5.41, 5.74) is 1.96. The quantitative estimate of drug-likeness (QED) is 0.584. The van der Waals surface area contributed by atoms with E-state index in [1.54, 1.807) is 47.0 Å². The van der Waals surface area contributed by atoms with Crippen molar-refractivity contribution >= 4 is 39.1 Å². The van der Waals surface area contributed by atoms with Crippen molar-refractivity contribution in [1.29, 1.82) is 0 Å². The molecule has 9 nitrogen and oxygen atoms in total. The summed E-state index contributed by atoms with van der Waals surface area (Å²) in [6.45, 7) is 5.12. The Balaban J connectivity index is 1.45. The van der Waals surface area contributed by atoms with Crippen molar-refractivity contribution in [2.75, 3.05) is 26.2 Å². The number of aromatic amines is 1. The summed E-state index contributed by atoms with van der Waals surface area (Å²) in [4.78, 5) is 14.7. The van der Waals surface area contributed by atoms with Gasteiger partial charge in [0.05, 0.1) is 16.4 Å². The number of hydrogen-bond donors (Lipinski definition) is 1. The van der Waals surface area contributed by atoms with Crippen LogP contribution in [0.2, 0.25) is 10.0 Å². The number of nitrogens with zero attached hydrogens (tertiary/aromatic N) is 5. The molecule has 1 aliphatic heterocycles. The fourth-order valence-electron chi connectivity index (χ4n) is 3.62. The Morgan fingerprint density at radius 3 is 2.50 bits per heavy atom. The Morgan fingerprint density at radius 2 is 1.88 bits per heavy atom. The average molecular weight is 497 g/mol. The molecule has 4 rings (SSSR count). The van der Waals surface area contributed by atoms with Gasteiger partial charge in [0.1, 0.15) is 10.6 Å². The van der Waals surface area contributed by atoms with Crippen molar-refractivity contribution in [3.8, 4) is 11.3 Å². The number of carbonyl (C=O) groups excluding carboxylic acids is 1. The lowest BCUT2D eigenvalue weighted by molar-refractivity contribution is 0.0692. The van der Waals surface area contributed by atoms with Gasteiger partial charge in [-0.05, 0) is 38.1 Å². The van der Waals surface area contributed by atoms with Gasteiger partial charge in [0, 0.05) is 49.5 Å². The van der Waals surface area contributed by atoms with Crippen LogP contribution in [0.4, 0.5) is 0 Å². The molecule has 3 aromatic rings. The van der Waals surface area contributed by atoms with Crippen LogP contribution in [0.15, 0.2) is 35.4 Å². The lowest BCUT2D eigenvalue weighted by atomic mass is 10.1. The zero-order valence-electron chi connectivity index (χ0n) is 17.5. The van der Waals surface area contributed by atoms with Crippen LogP contribution in [0.25, 0.3) is 11.3 Å². The summed E-state index contributed by atoms with van der Waals surface area (Å²) in [6.07, 6.45) is 1.55. The first kappa shape index (κ1) is 22.8. The smallest absolute Gasteiger partial charge is 0.271 e. The number of hydrogen-bond acceptors (Lipinski definition) is 5. The van der Waals surface area contributed by atoms with Crippen LogP contribution in [-0.2, 0) is 16.6 Å². The van der Waals surface area contributed by atoms with Crippen molar-refractivity contribution in [3.05, 3.63) is 51.9 Å². The van der Waals surface area contributed by atoms with Crippen molar-refractivity contribution in [1.82, 2.24) is 29.2 Å². The second-order valence-electron chi connectivity index (χ2n) is 7.42. The number of nitrogens with one attached hydrogen (secondary N) is 1. The summed E-state index contributed by atoms with van der Waals surface area (Å²) < 4.78 is 29.1. The highest BCUT2D eigenvalue weighted by Gasteiger charge is 2.33. The third kappa shape index (κ3) is 4.27. The molecule has 0 spiro atoms.